The number of para-hydroxylation sites is 1. The third kappa shape index (κ3) is 3.51. The van der Waals surface area contributed by atoms with E-state index in [2.05, 4.69) is 17.0 Å². The minimum atomic E-state index is 0.248. The highest BCUT2D eigenvalue weighted by Crippen LogP contribution is 2.36. The third-order valence-corrected chi connectivity index (χ3v) is 4.41. The van der Waals surface area contributed by atoms with E-state index in [-0.39, 0.29) is 6.61 Å². The molecule has 0 radical (unpaired) electrons. The van der Waals surface area contributed by atoms with Gasteiger partial charge in [0, 0.05) is 12.5 Å². The van der Waals surface area contributed by atoms with Crippen LogP contribution in [-0.2, 0) is 0 Å². The molecule has 0 aromatic heterocycles. The maximum absolute atomic E-state index is 9.01. The quantitative estimate of drug-likeness (QED) is 0.827. The predicted octanol–water partition coefficient (Wildman–Crippen LogP) is 1.44. The molecule has 3 N–H and O–H groups in total. The highest BCUT2D eigenvalue weighted by molar-refractivity contribution is 5.37. The van der Waals surface area contributed by atoms with Crippen LogP contribution in [0.25, 0.3) is 0 Å². The van der Waals surface area contributed by atoms with Crippen molar-refractivity contribution >= 4 is 0 Å². The summed E-state index contributed by atoms with van der Waals surface area (Å²) in [5.41, 5.74) is 7.28. The number of ether oxygens (including phenoxy) is 1. The highest BCUT2D eigenvalue weighted by Gasteiger charge is 2.28. The smallest absolute Gasteiger partial charge is 0.122 e. The van der Waals surface area contributed by atoms with Crippen molar-refractivity contribution in [1.82, 2.24) is 4.90 Å². The van der Waals surface area contributed by atoms with E-state index in [0.717, 1.165) is 38.2 Å². The van der Waals surface area contributed by atoms with Gasteiger partial charge in [0.25, 0.3) is 0 Å². The van der Waals surface area contributed by atoms with E-state index in [1.54, 1.807) is 7.11 Å². The molecular formula is C16H26N2O2. The Hall–Kier alpha value is -1.10. The van der Waals surface area contributed by atoms with E-state index in [9.17, 15) is 0 Å². The second kappa shape index (κ2) is 7.62. The Morgan fingerprint density at radius 1 is 1.35 bits per heavy atom. The largest absolute Gasteiger partial charge is 0.496 e. The van der Waals surface area contributed by atoms with Crippen LogP contribution in [0.1, 0.15) is 24.3 Å². The van der Waals surface area contributed by atoms with Gasteiger partial charge in [-0.05, 0) is 50.0 Å². The summed E-state index contributed by atoms with van der Waals surface area (Å²) < 4.78 is 5.48. The van der Waals surface area contributed by atoms with Crippen molar-refractivity contribution in [3.05, 3.63) is 29.8 Å². The first-order valence-corrected chi connectivity index (χ1v) is 7.46. The predicted molar refractivity (Wildman–Crippen MR) is 81.0 cm³/mol. The van der Waals surface area contributed by atoms with Crippen molar-refractivity contribution in [1.29, 1.82) is 0 Å². The van der Waals surface area contributed by atoms with Crippen molar-refractivity contribution in [2.45, 2.75) is 18.8 Å². The van der Waals surface area contributed by atoms with E-state index < -0.39 is 0 Å². The molecule has 1 aliphatic rings. The van der Waals surface area contributed by atoms with Crippen LogP contribution in [0.5, 0.6) is 5.75 Å². The van der Waals surface area contributed by atoms with Gasteiger partial charge >= 0.3 is 0 Å². The maximum atomic E-state index is 9.01. The topological polar surface area (TPSA) is 58.7 Å². The van der Waals surface area contributed by atoms with Crippen LogP contribution in [-0.4, -0.2) is 49.9 Å². The van der Waals surface area contributed by atoms with Crippen LogP contribution in [0.2, 0.25) is 0 Å². The Bertz CT molecular complexity index is 403. The monoisotopic (exact) mass is 278 g/mol. The van der Waals surface area contributed by atoms with Crippen LogP contribution in [0.15, 0.2) is 24.3 Å². The Labute approximate surface area is 121 Å². The Kier molecular flexibility index (Phi) is 5.83. The first-order chi connectivity index (χ1) is 9.80. The third-order valence-electron chi connectivity index (χ3n) is 4.41. The Morgan fingerprint density at radius 3 is 2.65 bits per heavy atom. The molecule has 0 bridgehead atoms. The van der Waals surface area contributed by atoms with Crippen LogP contribution < -0.4 is 10.5 Å². The number of methoxy groups -OCH3 is 1. The number of likely N-dealkylation sites (tertiary alicyclic amines) is 1. The molecule has 0 amide bonds. The number of hydrogen-bond acceptors (Lipinski definition) is 4. The van der Waals surface area contributed by atoms with Gasteiger partial charge in [0.2, 0.25) is 0 Å². The highest BCUT2D eigenvalue weighted by atomic mass is 16.5. The molecule has 1 heterocycles. The van der Waals surface area contributed by atoms with Gasteiger partial charge in [0.15, 0.2) is 0 Å². The molecule has 0 spiro atoms. The molecule has 4 nitrogen and oxygen atoms in total. The Balaban J connectivity index is 2.06. The van der Waals surface area contributed by atoms with Gasteiger partial charge in [-0.15, -0.1) is 0 Å². The number of hydrogen-bond donors (Lipinski definition) is 2. The number of β-amino-alcohol motifs (C(OH)–C–C–N with tert-alkyl or cyclic N) is 1. The number of benzene rings is 1. The van der Waals surface area contributed by atoms with Gasteiger partial charge in [-0.25, -0.2) is 0 Å². The SMILES string of the molecule is COc1ccccc1C(CN)C1CCN(CCO)CC1. The number of nitrogens with two attached hydrogens (primary N) is 1. The molecule has 1 fully saturated rings. The molecule has 1 aliphatic heterocycles. The maximum Gasteiger partial charge on any atom is 0.122 e. The van der Waals surface area contributed by atoms with E-state index in [0.29, 0.717) is 18.4 Å². The molecule has 4 heteroatoms. The second-order valence-corrected chi connectivity index (χ2v) is 5.49. The molecule has 1 unspecified atom stereocenters. The molecule has 0 aliphatic carbocycles. The molecular weight excluding hydrogens is 252 g/mol. The zero-order valence-electron chi connectivity index (χ0n) is 12.3. The van der Waals surface area contributed by atoms with Gasteiger partial charge in [-0.3, -0.25) is 0 Å². The summed E-state index contributed by atoms with van der Waals surface area (Å²) >= 11 is 0. The van der Waals surface area contributed by atoms with Crippen LogP contribution in [0.3, 0.4) is 0 Å². The molecule has 1 atom stereocenters. The number of aliphatic hydroxyl groups excluding tert-OH is 1. The summed E-state index contributed by atoms with van der Waals surface area (Å²) in [7, 11) is 1.72. The molecule has 0 saturated carbocycles. The molecule has 1 aromatic rings. The van der Waals surface area contributed by atoms with E-state index in [4.69, 9.17) is 15.6 Å². The van der Waals surface area contributed by atoms with Crippen molar-refractivity contribution in [2.24, 2.45) is 11.7 Å². The van der Waals surface area contributed by atoms with Crippen LogP contribution in [0.4, 0.5) is 0 Å². The number of aliphatic hydroxyl groups is 1. The second-order valence-electron chi connectivity index (χ2n) is 5.49. The molecule has 112 valence electrons. The first kappa shape index (κ1) is 15.3. The summed E-state index contributed by atoms with van der Waals surface area (Å²) in [4.78, 5) is 2.33. The summed E-state index contributed by atoms with van der Waals surface area (Å²) in [6.45, 7) is 3.80. The zero-order chi connectivity index (χ0) is 14.4. The summed E-state index contributed by atoms with van der Waals surface area (Å²) in [6, 6.07) is 8.20. The average Bonchev–Trinajstić information content (AvgIpc) is 2.50. The van der Waals surface area contributed by atoms with Gasteiger partial charge in [-0.2, -0.15) is 0 Å². The lowest BCUT2D eigenvalue weighted by Gasteiger charge is -2.36. The van der Waals surface area contributed by atoms with Gasteiger partial charge in [0.05, 0.1) is 13.7 Å². The number of rotatable bonds is 6. The van der Waals surface area contributed by atoms with Crippen molar-refractivity contribution in [2.75, 3.05) is 39.9 Å². The van der Waals surface area contributed by atoms with Crippen LogP contribution in [0, 0.1) is 5.92 Å². The molecule has 20 heavy (non-hydrogen) atoms. The minimum absolute atomic E-state index is 0.248. The fourth-order valence-corrected chi connectivity index (χ4v) is 3.27. The number of piperidine rings is 1. The lowest BCUT2D eigenvalue weighted by molar-refractivity contribution is 0.138. The fourth-order valence-electron chi connectivity index (χ4n) is 3.27. The average molecular weight is 278 g/mol. The normalized spacial score (nSPS) is 18.9. The summed E-state index contributed by atoms with van der Waals surface area (Å²) in [6.07, 6.45) is 2.28. The lowest BCUT2D eigenvalue weighted by atomic mass is 9.79. The lowest BCUT2D eigenvalue weighted by Crippen LogP contribution is -2.38. The number of nitrogens with zero attached hydrogens (tertiary/aromatic N) is 1. The summed E-state index contributed by atoms with van der Waals surface area (Å²) in [5, 5.41) is 9.01. The van der Waals surface area contributed by atoms with Gasteiger partial charge in [0.1, 0.15) is 5.75 Å². The summed E-state index contributed by atoms with van der Waals surface area (Å²) in [5.74, 6) is 1.91. The molecule has 1 saturated heterocycles. The van der Waals surface area contributed by atoms with Crippen molar-refractivity contribution in [3.8, 4) is 5.75 Å². The minimum Gasteiger partial charge on any atom is -0.496 e. The Morgan fingerprint density at radius 2 is 2.05 bits per heavy atom. The first-order valence-electron chi connectivity index (χ1n) is 7.46. The van der Waals surface area contributed by atoms with Crippen molar-refractivity contribution in [3.63, 3.8) is 0 Å². The van der Waals surface area contributed by atoms with E-state index in [1.165, 1.54) is 5.56 Å². The fraction of sp³-hybridized carbons (Fsp3) is 0.625. The van der Waals surface area contributed by atoms with Crippen molar-refractivity contribution < 1.29 is 9.84 Å². The van der Waals surface area contributed by atoms with Gasteiger partial charge in [-0.1, -0.05) is 18.2 Å². The van der Waals surface area contributed by atoms with E-state index >= 15 is 0 Å². The zero-order valence-corrected chi connectivity index (χ0v) is 12.3. The standard InChI is InChI=1S/C16H26N2O2/c1-20-16-5-3-2-4-14(16)15(12-17)13-6-8-18(9-7-13)10-11-19/h2-5,13,15,19H,6-12,17H2,1H3. The van der Waals surface area contributed by atoms with E-state index in [1.807, 2.05) is 12.1 Å². The van der Waals surface area contributed by atoms with Crippen LogP contribution >= 0.6 is 0 Å². The molecule has 1 aromatic carbocycles. The van der Waals surface area contributed by atoms with Gasteiger partial charge < -0.3 is 20.5 Å². The molecule has 2 rings (SSSR count).